The first kappa shape index (κ1) is 15.2. The van der Waals surface area contributed by atoms with Crippen molar-refractivity contribution in [2.75, 3.05) is 23.7 Å². The highest BCUT2D eigenvalue weighted by atomic mass is 16.4. The summed E-state index contributed by atoms with van der Waals surface area (Å²) in [5.74, 6) is -0.306. The molecular formula is C14H21N5O2. The second-order valence-electron chi connectivity index (χ2n) is 5.40. The summed E-state index contributed by atoms with van der Waals surface area (Å²) in [6.45, 7) is 3.85. The Bertz CT molecular complexity index is 560. The molecule has 0 radical (unpaired) electrons. The molecule has 1 atom stereocenters. The largest absolute Gasteiger partial charge is 0.481 e. The average molecular weight is 291 g/mol. The predicted octanol–water partition coefficient (Wildman–Crippen LogP) is 1.44. The Labute approximate surface area is 123 Å². The van der Waals surface area contributed by atoms with Gasteiger partial charge in [-0.05, 0) is 19.3 Å². The number of hydrogen-bond donors (Lipinski definition) is 2. The van der Waals surface area contributed by atoms with Gasteiger partial charge in [0.2, 0.25) is 0 Å². The van der Waals surface area contributed by atoms with Crippen molar-refractivity contribution in [2.24, 2.45) is 5.92 Å². The first-order chi connectivity index (χ1) is 10.1. The highest BCUT2D eigenvalue weighted by Gasteiger charge is 2.29. The summed E-state index contributed by atoms with van der Waals surface area (Å²) in [5.41, 5.74) is 6.35. The van der Waals surface area contributed by atoms with Crippen LogP contribution in [0.4, 0.5) is 11.6 Å². The van der Waals surface area contributed by atoms with Crippen LogP contribution in [0.5, 0.6) is 0 Å². The molecule has 2 rings (SSSR count). The summed E-state index contributed by atoms with van der Waals surface area (Å²) >= 11 is 0. The fourth-order valence-electron chi connectivity index (χ4n) is 2.64. The van der Waals surface area contributed by atoms with Crippen molar-refractivity contribution in [3.63, 3.8) is 0 Å². The zero-order valence-electron chi connectivity index (χ0n) is 12.2. The van der Waals surface area contributed by atoms with Crippen LogP contribution in [-0.2, 0) is 11.3 Å². The summed E-state index contributed by atoms with van der Waals surface area (Å²) in [4.78, 5) is 13.0. The Balaban J connectivity index is 2.26. The number of rotatable bonds is 5. The molecule has 1 aromatic heterocycles. The molecule has 1 fully saturated rings. The molecule has 7 nitrogen and oxygen atoms in total. The number of carboxylic acid groups (broad SMARTS) is 1. The van der Waals surface area contributed by atoms with Gasteiger partial charge in [-0.1, -0.05) is 13.3 Å². The molecular weight excluding hydrogens is 270 g/mol. The Morgan fingerprint density at radius 1 is 1.62 bits per heavy atom. The molecule has 0 amide bonds. The maximum atomic E-state index is 11.2. The second kappa shape index (κ2) is 6.48. The molecule has 21 heavy (non-hydrogen) atoms. The number of nitrogen functional groups attached to an aromatic ring is 1. The Morgan fingerprint density at radius 3 is 3.00 bits per heavy atom. The van der Waals surface area contributed by atoms with Gasteiger partial charge in [-0.2, -0.15) is 10.4 Å². The smallest absolute Gasteiger partial charge is 0.308 e. The number of carboxylic acids is 1. The molecule has 2 heterocycles. The van der Waals surface area contributed by atoms with Gasteiger partial charge in [-0.3, -0.25) is 4.79 Å². The van der Waals surface area contributed by atoms with Crippen LogP contribution in [0.2, 0.25) is 0 Å². The number of nitrogens with zero attached hydrogens (tertiary/aromatic N) is 4. The van der Waals surface area contributed by atoms with Crippen LogP contribution in [0.3, 0.4) is 0 Å². The molecule has 1 saturated heterocycles. The van der Waals surface area contributed by atoms with E-state index in [0.29, 0.717) is 43.3 Å². The van der Waals surface area contributed by atoms with Gasteiger partial charge in [0.15, 0.2) is 5.82 Å². The standard InChI is InChI=1S/C14H21N5O2/c1-2-3-7-19-12(16)11(8-15)13(17-19)18-6-4-5-10(9-18)14(20)21/h10H,2-7,9,16H2,1H3,(H,20,21). The van der Waals surface area contributed by atoms with E-state index in [1.807, 2.05) is 4.90 Å². The van der Waals surface area contributed by atoms with Gasteiger partial charge in [-0.15, -0.1) is 0 Å². The van der Waals surface area contributed by atoms with Gasteiger partial charge in [0, 0.05) is 19.6 Å². The molecule has 7 heteroatoms. The highest BCUT2D eigenvalue weighted by Crippen LogP contribution is 2.28. The third-order valence-corrected chi connectivity index (χ3v) is 3.88. The number of unbranched alkanes of at least 4 members (excludes halogenated alkanes) is 1. The molecule has 0 saturated carbocycles. The van der Waals surface area contributed by atoms with Crippen LogP contribution in [0, 0.1) is 17.2 Å². The normalized spacial score (nSPS) is 18.5. The van der Waals surface area contributed by atoms with E-state index in [2.05, 4.69) is 18.1 Å². The molecule has 0 spiro atoms. The van der Waals surface area contributed by atoms with Crippen molar-refractivity contribution in [3.8, 4) is 6.07 Å². The number of aryl methyl sites for hydroxylation is 1. The van der Waals surface area contributed by atoms with Crippen LogP contribution in [-0.4, -0.2) is 33.9 Å². The topological polar surface area (TPSA) is 108 Å². The minimum Gasteiger partial charge on any atom is -0.481 e. The molecule has 0 aromatic carbocycles. The van der Waals surface area contributed by atoms with Crippen LogP contribution in [0.1, 0.15) is 38.2 Å². The zero-order valence-corrected chi connectivity index (χ0v) is 12.2. The fraction of sp³-hybridized carbons (Fsp3) is 0.643. The van der Waals surface area contributed by atoms with Gasteiger partial charge in [-0.25, -0.2) is 4.68 Å². The van der Waals surface area contributed by atoms with Gasteiger partial charge in [0.05, 0.1) is 5.92 Å². The van der Waals surface area contributed by atoms with Crippen LogP contribution in [0.25, 0.3) is 0 Å². The summed E-state index contributed by atoms with van der Waals surface area (Å²) in [5, 5.41) is 22.9. The SMILES string of the molecule is CCCCn1nc(N2CCCC(C(=O)O)C2)c(C#N)c1N. The van der Waals surface area contributed by atoms with E-state index in [9.17, 15) is 10.1 Å². The van der Waals surface area contributed by atoms with E-state index < -0.39 is 11.9 Å². The number of aliphatic carboxylic acids is 1. The molecule has 1 aromatic rings. The lowest BCUT2D eigenvalue weighted by molar-refractivity contribution is -0.141. The van der Waals surface area contributed by atoms with E-state index in [4.69, 9.17) is 10.8 Å². The summed E-state index contributed by atoms with van der Waals surface area (Å²) in [7, 11) is 0. The summed E-state index contributed by atoms with van der Waals surface area (Å²) in [6, 6.07) is 2.10. The molecule has 3 N–H and O–H groups in total. The van der Waals surface area contributed by atoms with Gasteiger partial charge < -0.3 is 15.7 Å². The second-order valence-corrected chi connectivity index (χ2v) is 5.40. The van der Waals surface area contributed by atoms with E-state index in [1.54, 1.807) is 4.68 Å². The van der Waals surface area contributed by atoms with Gasteiger partial charge in [0.1, 0.15) is 17.5 Å². The van der Waals surface area contributed by atoms with E-state index in [0.717, 1.165) is 19.3 Å². The van der Waals surface area contributed by atoms with Crippen molar-refractivity contribution in [3.05, 3.63) is 5.56 Å². The number of carbonyl (C=O) groups is 1. The van der Waals surface area contributed by atoms with Crippen molar-refractivity contribution in [2.45, 2.75) is 39.2 Å². The lowest BCUT2D eigenvalue weighted by Crippen LogP contribution is -2.39. The van der Waals surface area contributed by atoms with Gasteiger partial charge >= 0.3 is 5.97 Å². The maximum Gasteiger partial charge on any atom is 0.308 e. The quantitative estimate of drug-likeness (QED) is 0.849. The first-order valence-electron chi connectivity index (χ1n) is 7.32. The number of nitrogens with two attached hydrogens (primary N) is 1. The molecule has 114 valence electrons. The number of anilines is 2. The number of hydrogen-bond acceptors (Lipinski definition) is 5. The lowest BCUT2D eigenvalue weighted by atomic mass is 9.98. The Hall–Kier alpha value is -2.23. The highest BCUT2D eigenvalue weighted by molar-refractivity contribution is 5.72. The van der Waals surface area contributed by atoms with E-state index in [-0.39, 0.29) is 0 Å². The van der Waals surface area contributed by atoms with Crippen molar-refractivity contribution < 1.29 is 9.90 Å². The van der Waals surface area contributed by atoms with Gasteiger partial charge in [0.25, 0.3) is 0 Å². The maximum absolute atomic E-state index is 11.2. The predicted molar refractivity (Wildman–Crippen MR) is 78.8 cm³/mol. The van der Waals surface area contributed by atoms with Crippen LogP contribution in [0.15, 0.2) is 0 Å². The van der Waals surface area contributed by atoms with Crippen LogP contribution >= 0.6 is 0 Å². The summed E-state index contributed by atoms with van der Waals surface area (Å²) < 4.78 is 1.65. The average Bonchev–Trinajstić information content (AvgIpc) is 2.81. The van der Waals surface area contributed by atoms with E-state index in [1.165, 1.54) is 0 Å². The van der Waals surface area contributed by atoms with Crippen molar-refractivity contribution in [1.29, 1.82) is 5.26 Å². The molecule has 1 aliphatic heterocycles. The minimum atomic E-state index is -0.795. The van der Waals surface area contributed by atoms with Crippen molar-refractivity contribution in [1.82, 2.24) is 9.78 Å². The van der Waals surface area contributed by atoms with Crippen molar-refractivity contribution >= 4 is 17.6 Å². The Kier molecular flexibility index (Phi) is 4.68. The van der Waals surface area contributed by atoms with Crippen LogP contribution < -0.4 is 10.6 Å². The molecule has 0 bridgehead atoms. The summed E-state index contributed by atoms with van der Waals surface area (Å²) in [6.07, 6.45) is 3.40. The number of nitriles is 1. The Morgan fingerprint density at radius 2 is 2.38 bits per heavy atom. The minimum absolute atomic E-state index is 0.358. The zero-order chi connectivity index (χ0) is 15.4. The molecule has 0 aliphatic carbocycles. The third-order valence-electron chi connectivity index (χ3n) is 3.88. The van der Waals surface area contributed by atoms with E-state index >= 15 is 0 Å². The first-order valence-corrected chi connectivity index (χ1v) is 7.32. The fourth-order valence-corrected chi connectivity index (χ4v) is 2.64. The lowest BCUT2D eigenvalue weighted by Gasteiger charge is -2.30. The monoisotopic (exact) mass is 291 g/mol. The molecule has 1 aliphatic rings. The number of aromatic nitrogens is 2. The molecule has 1 unspecified atom stereocenters. The third kappa shape index (κ3) is 3.10. The number of piperidine rings is 1.